The fourth-order valence-electron chi connectivity index (χ4n) is 7.62. The molecule has 0 saturated carbocycles. The van der Waals surface area contributed by atoms with Gasteiger partial charge in [-0.15, -0.1) is 0 Å². The quantitative estimate of drug-likeness (QED) is 0.171. The Hall–Kier alpha value is -6.24. The van der Waals surface area contributed by atoms with Crippen molar-refractivity contribution < 1.29 is 0 Å². The molecule has 0 heterocycles. The van der Waals surface area contributed by atoms with E-state index in [0.29, 0.717) is 0 Å². The first-order chi connectivity index (χ1) is 23.9. The van der Waals surface area contributed by atoms with Gasteiger partial charge in [-0.2, -0.15) is 0 Å². The number of hydrogen-bond donors (Lipinski definition) is 0. The molecule has 0 radical (unpaired) electrons. The molecule has 0 aliphatic carbocycles. The summed E-state index contributed by atoms with van der Waals surface area (Å²) >= 11 is 0. The Labute approximate surface area is 281 Å². The van der Waals surface area contributed by atoms with Gasteiger partial charge in [0.1, 0.15) is 0 Å². The molecule has 0 spiro atoms. The monoisotopic (exact) mass is 608 g/mol. The zero-order valence-electron chi connectivity index (χ0n) is 26.5. The highest BCUT2D eigenvalue weighted by atomic mass is 14.3. The minimum absolute atomic E-state index is 1.21. The van der Waals surface area contributed by atoms with Crippen molar-refractivity contribution in [1.29, 1.82) is 0 Å². The molecular weight excluding hydrogens is 577 g/mol. The van der Waals surface area contributed by atoms with Gasteiger partial charge in [0, 0.05) is 0 Å². The summed E-state index contributed by atoms with van der Waals surface area (Å²) in [5.74, 6) is 0. The van der Waals surface area contributed by atoms with Gasteiger partial charge in [0.25, 0.3) is 0 Å². The molecule has 9 aromatic carbocycles. The summed E-state index contributed by atoms with van der Waals surface area (Å²) in [7, 11) is 0. The van der Waals surface area contributed by atoms with Gasteiger partial charge in [-0.1, -0.05) is 194 Å². The molecular formula is C48H32. The molecule has 0 aliphatic heterocycles. The van der Waals surface area contributed by atoms with Crippen molar-refractivity contribution >= 4 is 32.3 Å². The minimum Gasteiger partial charge on any atom is -0.0622 e. The Kier molecular flexibility index (Phi) is 6.91. The molecule has 224 valence electrons. The molecule has 0 nitrogen and oxygen atoms in total. The average molecular weight is 609 g/mol. The molecule has 9 aromatic rings. The molecule has 0 atom stereocenters. The lowest BCUT2D eigenvalue weighted by atomic mass is 9.79. The molecule has 48 heavy (non-hydrogen) atoms. The van der Waals surface area contributed by atoms with Crippen LogP contribution in [-0.2, 0) is 0 Å². The summed E-state index contributed by atoms with van der Waals surface area (Å²) in [6.45, 7) is 0. The summed E-state index contributed by atoms with van der Waals surface area (Å²) in [5.41, 5.74) is 12.4. The predicted octanol–water partition coefficient (Wildman–Crippen LogP) is 13.5. The van der Waals surface area contributed by atoms with Crippen LogP contribution in [0.5, 0.6) is 0 Å². The van der Waals surface area contributed by atoms with E-state index < -0.39 is 0 Å². The van der Waals surface area contributed by atoms with Crippen LogP contribution in [0, 0.1) is 0 Å². The van der Waals surface area contributed by atoms with E-state index in [2.05, 4.69) is 194 Å². The molecule has 0 saturated heterocycles. The summed E-state index contributed by atoms with van der Waals surface area (Å²) in [5, 5.41) is 7.50. The van der Waals surface area contributed by atoms with Crippen LogP contribution in [-0.4, -0.2) is 0 Å². The zero-order chi connectivity index (χ0) is 31.9. The minimum atomic E-state index is 1.21. The highest BCUT2D eigenvalue weighted by Gasteiger charge is 2.23. The maximum Gasteiger partial charge on any atom is -0.00139 e. The molecule has 0 fully saturated rings. The van der Waals surface area contributed by atoms with Gasteiger partial charge in [-0.25, -0.2) is 0 Å². The first kappa shape index (κ1) is 28.0. The number of fused-ring (bicyclic) bond motifs is 3. The van der Waals surface area contributed by atoms with Gasteiger partial charge in [-0.05, 0) is 88.0 Å². The maximum absolute atomic E-state index is 2.32. The second-order valence-corrected chi connectivity index (χ2v) is 12.4. The molecule has 0 aromatic heterocycles. The van der Waals surface area contributed by atoms with E-state index in [0.717, 1.165) is 0 Å². The largest absolute Gasteiger partial charge is 0.0622 e. The van der Waals surface area contributed by atoms with Crippen molar-refractivity contribution in [2.24, 2.45) is 0 Å². The SMILES string of the molecule is c1ccc(-c2ccccc2-c2c3ccccc3c(-c3c(-c4ccccc4)cccc3-c3cccc4ccccc34)c3ccccc23)cc1. The fourth-order valence-corrected chi connectivity index (χ4v) is 7.62. The van der Waals surface area contributed by atoms with Crippen LogP contribution < -0.4 is 0 Å². The Morgan fingerprint density at radius 2 is 0.583 bits per heavy atom. The Morgan fingerprint density at radius 3 is 1.23 bits per heavy atom. The van der Waals surface area contributed by atoms with Gasteiger partial charge in [0.2, 0.25) is 0 Å². The Morgan fingerprint density at radius 1 is 0.188 bits per heavy atom. The second-order valence-electron chi connectivity index (χ2n) is 12.4. The van der Waals surface area contributed by atoms with Crippen LogP contribution >= 0.6 is 0 Å². The van der Waals surface area contributed by atoms with Crippen molar-refractivity contribution in [3.8, 4) is 55.6 Å². The standard InChI is InChI=1S/C48H32/c1-3-17-33(18-4-1)37-24-9-10-25-40(37)46-42-26-11-13-28-44(42)48(45-29-14-12-27-43(45)46)47-38(35-19-5-2-6-20-35)30-16-32-41(47)39-31-15-22-34-21-7-8-23-36(34)39/h1-32H. The zero-order valence-corrected chi connectivity index (χ0v) is 26.5. The molecule has 9 rings (SSSR count). The van der Waals surface area contributed by atoms with E-state index in [1.807, 2.05) is 0 Å². The van der Waals surface area contributed by atoms with Gasteiger partial charge >= 0.3 is 0 Å². The lowest BCUT2D eigenvalue weighted by Crippen LogP contribution is -1.96. The van der Waals surface area contributed by atoms with Crippen molar-refractivity contribution in [2.45, 2.75) is 0 Å². The van der Waals surface area contributed by atoms with Gasteiger partial charge in [0.15, 0.2) is 0 Å². The summed E-state index contributed by atoms with van der Waals surface area (Å²) in [6.07, 6.45) is 0. The number of benzene rings is 9. The molecule has 0 heteroatoms. The first-order valence-electron chi connectivity index (χ1n) is 16.6. The van der Waals surface area contributed by atoms with Crippen LogP contribution in [0.25, 0.3) is 88.0 Å². The normalized spacial score (nSPS) is 11.3. The van der Waals surface area contributed by atoms with Crippen LogP contribution in [0.2, 0.25) is 0 Å². The lowest BCUT2D eigenvalue weighted by Gasteiger charge is -2.23. The number of rotatable bonds is 5. The van der Waals surface area contributed by atoms with Gasteiger partial charge in [-0.3, -0.25) is 0 Å². The van der Waals surface area contributed by atoms with Crippen molar-refractivity contribution in [1.82, 2.24) is 0 Å². The van der Waals surface area contributed by atoms with E-state index in [4.69, 9.17) is 0 Å². The maximum atomic E-state index is 2.32. The first-order valence-corrected chi connectivity index (χ1v) is 16.6. The molecule has 0 amide bonds. The van der Waals surface area contributed by atoms with Gasteiger partial charge in [0.05, 0.1) is 0 Å². The fraction of sp³-hybridized carbons (Fsp3) is 0. The summed E-state index contributed by atoms with van der Waals surface area (Å²) < 4.78 is 0. The van der Waals surface area contributed by atoms with Crippen LogP contribution in [0.15, 0.2) is 194 Å². The lowest BCUT2D eigenvalue weighted by molar-refractivity contribution is 1.59. The highest BCUT2D eigenvalue weighted by Crippen LogP contribution is 2.50. The molecule has 0 bridgehead atoms. The van der Waals surface area contributed by atoms with E-state index in [1.165, 1.54) is 88.0 Å². The van der Waals surface area contributed by atoms with Gasteiger partial charge < -0.3 is 0 Å². The van der Waals surface area contributed by atoms with E-state index in [-0.39, 0.29) is 0 Å². The smallest absolute Gasteiger partial charge is 0.00139 e. The molecule has 0 unspecified atom stereocenters. The number of hydrogen-bond acceptors (Lipinski definition) is 0. The third kappa shape index (κ3) is 4.62. The second kappa shape index (κ2) is 11.8. The van der Waals surface area contributed by atoms with E-state index in [1.54, 1.807) is 0 Å². The topological polar surface area (TPSA) is 0 Å². The van der Waals surface area contributed by atoms with E-state index >= 15 is 0 Å². The van der Waals surface area contributed by atoms with Crippen molar-refractivity contribution in [2.75, 3.05) is 0 Å². The molecule has 0 aliphatic rings. The predicted molar refractivity (Wildman–Crippen MR) is 206 cm³/mol. The van der Waals surface area contributed by atoms with E-state index in [9.17, 15) is 0 Å². The third-order valence-electron chi connectivity index (χ3n) is 9.69. The van der Waals surface area contributed by atoms with Crippen LogP contribution in [0.1, 0.15) is 0 Å². The average Bonchev–Trinajstić information content (AvgIpc) is 3.17. The van der Waals surface area contributed by atoms with Crippen molar-refractivity contribution in [3.63, 3.8) is 0 Å². The Balaban J connectivity index is 1.45. The molecule has 0 N–H and O–H groups in total. The van der Waals surface area contributed by atoms with Crippen molar-refractivity contribution in [3.05, 3.63) is 194 Å². The highest BCUT2D eigenvalue weighted by molar-refractivity contribution is 6.25. The summed E-state index contributed by atoms with van der Waals surface area (Å²) in [6, 6.07) is 70.7. The Bertz CT molecular complexity index is 2530. The summed E-state index contributed by atoms with van der Waals surface area (Å²) in [4.78, 5) is 0. The van der Waals surface area contributed by atoms with Crippen LogP contribution in [0.3, 0.4) is 0 Å². The third-order valence-corrected chi connectivity index (χ3v) is 9.69. The van der Waals surface area contributed by atoms with Crippen LogP contribution in [0.4, 0.5) is 0 Å².